The molecule has 1 heterocycles. The van der Waals surface area contributed by atoms with Gasteiger partial charge in [0, 0.05) is 11.4 Å². The number of nitrogens with two attached hydrogens (primary N) is 1. The summed E-state index contributed by atoms with van der Waals surface area (Å²) in [4.78, 5) is 12.4. The number of rotatable bonds is 7. The Morgan fingerprint density at radius 2 is 1.86 bits per heavy atom. The first-order valence-corrected chi connectivity index (χ1v) is 11.7. The third kappa shape index (κ3) is 6.00. The molecule has 1 aromatic heterocycles. The van der Waals surface area contributed by atoms with Crippen LogP contribution in [0.15, 0.2) is 57.8 Å². The molecule has 0 saturated carbocycles. The van der Waals surface area contributed by atoms with E-state index in [1.807, 2.05) is 31.2 Å². The molecule has 11 heteroatoms. The van der Waals surface area contributed by atoms with E-state index in [-0.39, 0.29) is 10.8 Å². The molecule has 0 saturated heterocycles. The number of aryl methyl sites for hydroxylation is 1. The highest BCUT2D eigenvalue weighted by Crippen LogP contribution is 2.31. The van der Waals surface area contributed by atoms with Gasteiger partial charge in [0.2, 0.25) is 21.1 Å². The summed E-state index contributed by atoms with van der Waals surface area (Å²) in [7, 11) is -3.84. The van der Waals surface area contributed by atoms with Crippen LogP contribution >= 0.6 is 23.1 Å². The predicted octanol–water partition coefficient (Wildman–Crippen LogP) is 3.36. The number of sulfonamides is 1. The molecule has 0 spiro atoms. The molecule has 4 N–H and O–H groups in total. The van der Waals surface area contributed by atoms with Crippen molar-refractivity contribution in [2.75, 3.05) is 10.6 Å². The molecule has 0 aliphatic carbocycles. The Kier molecular flexibility index (Phi) is 6.52. The fourth-order valence-corrected chi connectivity index (χ4v) is 4.83. The normalized spacial score (nSPS) is 12.4. The van der Waals surface area contributed by atoms with Crippen molar-refractivity contribution in [3.8, 4) is 0 Å². The van der Waals surface area contributed by atoms with Crippen molar-refractivity contribution in [1.29, 1.82) is 0 Å². The second-order valence-electron chi connectivity index (χ2n) is 6.19. The number of carbonyl (C=O) groups excluding carboxylic acids is 1. The van der Waals surface area contributed by atoms with Crippen molar-refractivity contribution in [2.45, 2.75) is 28.3 Å². The molecule has 3 rings (SSSR count). The largest absolute Gasteiger partial charge is 0.330 e. The van der Waals surface area contributed by atoms with Gasteiger partial charge in [0.05, 0.1) is 10.1 Å². The van der Waals surface area contributed by atoms with Crippen LogP contribution in [0.4, 0.5) is 16.5 Å². The van der Waals surface area contributed by atoms with Gasteiger partial charge in [0.15, 0.2) is 4.34 Å². The minimum absolute atomic E-state index is 0.0633. The monoisotopic (exact) mass is 449 g/mol. The molecule has 29 heavy (non-hydrogen) atoms. The second kappa shape index (κ2) is 8.91. The molecule has 8 nitrogen and oxygen atoms in total. The zero-order chi connectivity index (χ0) is 21.0. The van der Waals surface area contributed by atoms with E-state index in [0.29, 0.717) is 15.2 Å². The molecule has 1 amide bonds. The Morgan fingerprint density at radius 1 is 1.14 bits per heavy atom. The van der Waals surface area contributed by atoms with Gasteiger partial charge in [-0.1, -0.05) is 41.3 Å². The van der Waals surface area contributed by atoms with Crippen molar-refractivity contribution in [2.24, 2.45) is 5.14 Å². The predicted molar refractivity (Wildman–Crippen MR) is 116 cm³/mol. The molecule has 0 bridgehead atoms. The molecule has 0 aliphatic heterocycles. The molecular formula is C18H19N5O3S3. The summed E-state index contributed by atoms with van der Waals surface area (Å²) in [5, 5.41) is 19.4. The molecule has 3 aromatic rings. The maximum absolute atomic E-state index is 12.4. The van der Waals surface area contributed by atoms with Gasteiger partial charge in [-0.05, 0) is 49.7 Å². The Bertz CT molecular complexity index is 1130. The van der Waals surface area contributed by atoms with Crippen LogP contribution in [0.3, 0.4) is 0 Å². The Balaban J connectivity index is 1.61. The fourth-order valence-electron chi connectivity index (χ4n) is 2.35. The van der Waals surface area contributed by atoms with Crippen LogP contribution in [0.1, 0.15) is 12.5 Å². The number of nitrogens with zero attached hydrogens (tertiary/aromatic N) is 2. The van der Waals surface area contributed by atoms with Gasteiger partial charge in [-0.3, -0.25) is 4.79 Å². The Morgan fingerprint density at radius 3 is 2.59 bits per heavy atom. The van der Waals surface area contributed by atoms with Gasteiger partial charge in [-0.15, -0.1) is 10.2 Å². The van der Waals surface area contributed by atoms with Crippen LogP contribution in [0.25, 0.3) is 0 Å². The van der Waals surface area contributed by atoms with E-state index in [9.17, 15) is 13.2 Å². The summed E-state index contributed by atoms with van der Waals surface area (Å²) in [6.07, 6.45) is 0. The number of aromatic nitrogens is 2. The standard InChI is InChI=1S/C18H19N5O3S3/c1-11-5-3-6-13(9-11)21-17-22-23-18(28-17)27-12(2)16(24)20-14-7-4-8-15(10-14)29(19,25)26/h3-10,12H,1-2H3,(H,20,24)(H,21,22)(H2,19,25,26). The molecule has 1 atom stereocenters. The lowest BCUT2D eigenvalue weighted by Gasteiger charge is -2.11. The SMILES string of the molecule is Cc1cccc(Nc2nnc(SC(C)C(=O)Nc3cccc(S(N)(=O)=O)c3)s2)c1. The number of benzene rings is 2. The summed E-state index contributed by atoms with van der Waals surface area (Å²) in [6, 6.07) is 13.7. The van der Waals surface area contributed by atoms with Crippen LogP contribution in [-0.4, -0.2) is 29.8 Å². The number of amides is 1. The summed E-state index contributed by atoms with van der Waals surface area (Å²) >= 11 is 2.61. The van der Waals surface area contributed by atoms with Crippen LogP contribution in [0.5, 0.6) is 0 Å². The number of hydrogen-bond acceptors (Lipinski definition) is 8. The number of primary sulfonamides is 1. The number of anilines is 3. The van der Waals surface area contributed by atoms with Crippen molar-refractivity contribution < 1.29 is 13.2 Å². The maximum atomic E-state index is 12.4. The smallest absolute Gasteiger partial charge is 0.238 e. The van der Waals surface area contributed by atoms with E-state index >= 15 is 0 Å². The minimum Gasteiger partial charge on any atom is -0.330 e. The van der Waals surface area contributed by atoms with E-state index < -0.39 is 15.3 Å². The highest BCUT2D eigenvalue weighted by molar-refractivity contribution is 8.02. The van der Waals surface area contributed by atoms with E-state index in [0.717, 1.165) is 11.3 Å². The molecule has 0 aliphatic rings. The lowest BCUT2D eigenvalue weighted by molar-refractivity contribution is -0.115. The molecule has 0 radical (unpaired) electrons. The van der Waals surface area contributed by atoms with Gasteiger partial charge >= 0.3 is 0 Å². The van der Waals surface area contributed by atoms with Crippen molar-refractivity contribution >= 4 is 55.5 Å². The van der Waals surface area contributed by atoms with Crippen LogP contribution in [-0.2, 0) is 14.8 Å². The summed E-state index contributed by atoms with van der Waals surface area (Å²) in [6.45, 7) is 3.74. The van der Waals surface area contributed by atoms with Gasteiger partial charge in [0.25, 0.3) is 0 Å². The van der Waals surface area contributed by atoms with Crippen molar-refractivity contribution in [3.63, 3.8) is 0 Å². The zero-order valence-electron chi connectivity index (χ0n) is 15.6. The summed E-state index contributed by atoms with van der Waals surface area (Å²) in [5.74, 6) is -0.287. The highest BCUT2D eigenvalue weighted by atomic mass is 32.2. The van der Waals surface area contributed by atoms with Gasteiger partial charge < -0.3 is 10.6 Å². The van der Waals surface area contributed by atoms with E-state index in [4.69, 9.17) is 5.14 Å². The fraction of sp³-hybridized carbons (Fsp3) is 0.167. The number of thioether (sulfide) groups is 1. The van der Waals surface area contributed by atoms with Crippen molar-refractivity contribution in [1.82, 2.24) is 10.2 Å². The number of hydrogen-bond donors (Lipinski definition) is 3. The van der Waals surface area contributed by atoms with Crippen LogP contribution in [0, 0.1) is 6.92 Å². The third-order valence-corrected chi connectivity index (χ3v) is 6.69. The van der Waals surface area contributed by atoms with Gasteiger partial charge in [-0.25, -0.2) is 13.6 Å². The van der Waals surface area contributed by atoms with Crippen molar-refractivity contribution in [3.05, 3.63) is 54.1 Å². The zero-order valence-corrected chi connectivity index (χ0v) is 18.1. The Hall–Kier alpha value is -2.47. The van der Waals surface area contributed by atoms with E-state index in [1.54, 1.807) is 13.0 Å². The summed E-state index contributed by atoms with van der Waals surface area (Å²) < 4.78 is 23.5. The first kappa shape index (κ1) is 21.2. The van der Waals surface area contributed by atoms with Crippen LogP contribution in [0.2, 0.25) is 0 Å². The van der Waals surface area contributed by atoms with Crippen LogP contribution < -0.4 is 15.8 Å². The Labute approximate surface area is 177 Å². The average Bonchev–Trinajstić information content (AvgIpc) is 3.08. The maximum Gasteiger partial charge on any atom is 0.238 e. The van der Waals surface area contributed by atoms with E-state index in [1.165, 1.54) is 41.3 Å². The minimum atomic E-state index is -3.84. The lowest BCUT2D eigenvalue weighted by Crippen LogP contribution is -2.22. The molecule has 2 aromatic carbocycles. The van der Waals surface area contributed by atoms with Gasteiger partial charge in [-0.2, -0.15) is 0 Å². The lowest BCUT2D eigenvalue weighted by atomic mass is 10.2. The number of nitrogens with one attached hydrogen (secondary N) is 2. The first-order chi connectivity index (χ1) is 13.7. The highest BCUT2D eigenvalue weighted by Gasteiger charge is 2.18. The molecule has 1 unspecified atom stereocenters. The van der Waals surface area contributed by atoms with E-state index in [2.05, 4.69) is 20.8 Å². The van der Waals surface area contributed by atoms with Gasteiger partial charge in [0.1, 0.15) is 0 Å². The molecular weight excluding hydrogens is 430 g/mol. The third-order valence-electron chi connectivity index (χ3n) is 3.75. The second-order valence-corrected chi connectivity index (χ2v) is 10.3. The topological polar surface area (TPSA) is 127 Å². The molecule has 0 fully saturated rings. The first-order valence-electron chi connectivity index (χ1n) is 8.48. The quantitative estimate of drug-likeness (QED) is 0.472. The average molecular weight is 450 g/mol. The molecule has 152 valence electrons. The summed E-state index contributed by atoms with van der Waals surface area (Å²) in [5.41, 5.74) is 2.40. The number of carbonyl (C=O) groups is 1.